The molecule has 0 unspecified atom stereocenters. The Morgan fingerprint density at radius 3 is 1.80 bits per heavy atom. The summed E-state index contributed by atoms with van der Waals surface area (Å²) >= 11 is 0. The molecule has 1 heterocycles. The third-order valence-electron chi connectivity index (χ3n) is 14.3. The van der Waals surface area contributed by atoms with Gasteiger partial charge in [0.15, 0.2) is 16.6 Å². The molecule has 1 N–H and O–H groups in total. The van der Waals surface area contributed by atoms with Gasteiger partial charge in [0.1, 0.15) is 8.07 Å². The molecule has 0 spiro atoms. The lowest BCUT2D eigenvalue weighted by molar-refractivity contribution is 0.277. The van der Waals surface area contributed by atoms with Crippen LogP contribution in [-0.4, -0.2) is 44.5 Å². The fraction of sp³-hybridized carbons (Fsp3) is 0.365. The van der Waals surface area contributed by atoms with E-state index in [1.165, 1.54) is 82.0 Å². The van der Waals surface area contributed by atoms with Crippen molar-refractivity contribution in [3.8, 4) is 11.1 Å². The Morgan fingerprint density at radius 2 is 1.22 bits per heavy atom. The molecule has 1 aliphatic carbocycles. The van der Waals surface area contributed by atoms with Gasteiger partial charge in [-0.25, -0.2) is 0 Å². The zero-order chi connectivity index (χ0) is 42.9. The summed E-state index contributed by atoms with van der Waals surface area (Å²) in [4.78, 5) is 4.62. The maximum atomic E-state index is 7.07. The molecule has 5 aromatic carbocycles. The Morgan fingerprint density at radius 1 is 0.661 bits per heavy atom. The Labute approximate surface area is 357 Å². The molecule has 1 aliphatic heterocycles. The Bertz CT molecular complexity index is 2610. The first kappa shape index (κ1) is 43.0. The molecule has 0 fully saturated rings. The maximum absolute atomic E-state index is 7.07. The highest BCUT2D eigenvalue weighted by molar-refractivity contribution is 6.98. The molecule has 0 saturated carbocycles. The number of anilines is 1. The summed E-state index contributed by atoms with van der Waals surface area (Å²) in [5, 5.41) is 11.6. The van der Waals surface area contributed by atoms with Gasteiger partial charge in [0.05, 0.1) is 18.9 Å². The molecule has 0 amide bonds. The van der Waals surface area contributed by atoms with E-state index >= 15 is 0 Å². The van der Waals surface area contributed by atoms with Crippen molar-refractivity contribution in [2.45, 2.75) is 111 Å². The van der Waals surface area contributed by atoms with E-state index < -0.39 is 24.7 Å². The van der Waals surface area contributed by atoms with Gasteiger partial charge in [-0.2, -0.15) is 0 Å². The van der Waals surface area contributed by atoms with Crippen molar-refractivity contribution in [3.05, 3.63) is 136 Å². The molecular formula is C52H66N2O2Si3. The molecule has 0 radical (unpaired) electrons. The minimum absolute atomic E-state index is 0.103. The lowest BCUT2D eigenvalue weighted by Gasteiger charge is -2.38. The summed E-state index contributed by atoms with van der Waals surface area (Å²) < 4.78 is 14.1. The standard InChI is InChI=1S/C52H66N2O2Si3/c1-34-20-21-35(28-44(34)50-42-26-23-37(53-8)30-48(42)57(10,11)49-31-38(54-9)24-27-43(49)50)36-22-25-41-45(29-36)47(33-56-59(14,15)52(5,6)7)40-19-17-16-18-39(40)46(41)32-55-58(12,13)51(2,3)4/h16-31,53H,32-33H2,1-15H3/b54-38+. The van der Waals surface area contributed by atoms with Crippen LogP contribution in [0.25, 0.3) is 38.2 Å². The van der Waals surface area contributed by atoms with E-state index in [9.17, 15) is 0 Å². The molecule has 7 rings (SSSR count). The van der Waals surface area contributed by atoms with Crippen LogP contribution in [0.15, 0.2) is 113 Å². The molecule has 0 saturated heterocycles. The summed E-state index contributed by atoms with van der Waals surface area (Å²) in [5.41, 5.74) is 13.7. The average Bonchev–Trinajstić information content (AvgIpc) is 3.18. The van der Waals surface area contributed by atoms with Gasteiger partial charge in [-0.1, -0.05) is 115 Å². The quantitative estimate of drug-likeness (QED) is 0.119. The van der Waals surface area contributed by atoms with Crippen LogP contribution in [-0.2, 0) is 22.1 Å². The maximum Gasteiger partial charge on any atom is 0.192 e. The van der Waals surface area contributed by atoms with Crippen LogP contribution in [0.1, 0.15) is 69.4 Å². The molecular weight excluding hydrogens is 769 g/mol. The second kappa shape index (κ2) is 15.4. The topological polar surface area (TPSA) is 42.9 Å². The number of nitrogens with one attached hydrogen (secondary N) is 1. The van der Waals surface area contributed by atoms with Crippen LogP contribution >= 0.6 is 0 Å². The summed E-state index contributed by atoms with van der Waals surface area (Å²) in [6, 6.07) is 30.1. The molecule has 59 heavy (non-hydrogen) atoms. The van der Waals surface area contributed by atoms with Crippen molar-refractivity contribution in [1.82, 2.24) is 0 Å². The SMILES string of the molecule is C/N=C1\C=CC2=C(c3cc(-c4ccc5c(CO[Si](C)(C)C(C)(C)C)c6ccccc6c(CO[Si](C)(C)C(C)(C)C)c5c4)ccc3C)c3ccc(NC)cc3[Si](C)(C)C2=C1. The van der Waals surface area contributed by atoms with Gasteiger partial charge in [-0.05, 0) is 162 Å². The molecule has 7 heteroatoms. The summed E-state index contributed by atoms with van der Waals surface area (Å²) in [6.45, 7) is 31.8. The third kappa shape index (κ3) is 7.74. The number of hydrogen-bond donors (Lipinski definition) is 1. The molecule has 308 valence electrons. The second-order valence-electron chi connectivity index (χ2n) is 20.4. The van der Waals surface area contributed by atoms with Crippen molar-refractivity contribution < 1.29 is 8.85 Å². The van der Waals surface area contributed by atoms with Gasteiger partial charge in [0.2, 0.25) is 0 Å². The van der Waals surface area contributed by atoms with Crippen molar-refractivity contribution >= 4 is 68.4 Å². The van der Waals surface area contributed by atoms with Crippen LogP contribution in [0.3, 0.4) is 0 Å². The molecule has 0 atom stereocenters. The van der Waals surface area contributed by atoms with Gasteiger partial charge < -0.3 is 14.2 Å². The predicted octanol–water partition coefficient (Wildman–Crippen LogP) is 13.9. The fourth-order valence-corrected chi connectivity index (χ4v) is 13.2. The molecule has 2 aliphatic rings. The summed E-state index contributed by atoms with van der Waals surface area (Å²) in [6.07, 6.45) is 6.86. The van der Waals surface area contributed by atoms with E-state index in [4.69, 9.17) is 8.85 Å². The normalized spacial score (nSPS) is 16.5. The smallest absolute Gasteiger partial charge is 0.192 e. The Kier molecular flexibility index (Phi) is 11.2. The molecule has 4 nitrogen and oxygen atoms in total. The predicted molar refractivity (Wildman–Crippen MR) is 265 cm³/mol. The van der Waals surface area contributed by atoms with Gasteiger partial charge in [0.25, 0.3) is 0 Å². The van der Waals surface area contributed by atoms with Crippen LogP contribution in [0, 0.1) is 6.92 Å². The van der Waals surface area contributed by atoms with Crippen LogP contribution in [0.2, 0.25) is 49.4 Å². The lowest BCUT2D eigenvalue weighted by atomic mass is 9.85. The monoisotopic (exact) mass is 834 g/mol. The first-order valence-electron chi connectivity index (χ1n) is 21.4. The van der Waals surface area contributed by atoms with Gasteiger partial charge in [-0.3, -0.25) is 4.99 Å². The van der Waals surface area contributed by atoms with E-state index in [1.54, 1.807) is 0 Å². The second-order valence-corrected chi connectivity index (χ2v) is 34.3. The zero-order valence-electron chi connectivity index (χ0n) is 38.4. The lowest BCUT2D eigenvalue weighted by Crippen LogP contribution is -2.49. The number of hydrogen-bond acceptors (Lipinski definition) is 4. The van der Waals surface area contributed by atoms with Crippen LogP contribution in [0.5, 0.6) is 0 Å². The number of benzene rings is 5. The molecule has 5 aromatic rings. The summed E-state index contributed by atoms with van der Waals surface area (Å²) in [7, 11) is -2.24. The summed E-state index contributed by atoms with van der Waals surface area (Å²) in [5.74, 6) is 0. The first-order chi connectivity index (χ1) is 27.6. The van der Waals surface area contributed by atoms with E-state index in [0.29, 0.717) is 13.2 Å². The fourth-order valence-electron chi connectivity index (χ4n) is 8.28. The van der Waals surface area contributed by atoms with Crippen molar-refractivity contribution in [1.29, 1.82) is 0 Å². The van der Waals surface area contributed by atoms with Gasteiger partial charge in [-0.15, -0.1) is 0 Å². The molecule has 0 bridgehead atoms. The zero-order valence-corrected chi connectivity index (χ0v) is 41.4. The number of aliphatic imine (C=N–C) groups is 1. The van der Waals surface area contributed by atoms with Gasteiger partial charge in [0, 0.05) is 19.8 Å². The van der Waals surface area contributed by atoms with Crippen molar-refractivity contribution in [2.24, 2.45) is 4.99 Å². The van der Waals surface area contributed by atoms with E-state index in [1.807, 2.05) is 14.1 Å². The van der Waals surface area contributed by atoms with E-state index in [0.717, 1.165) is 11.4 Å². The third-order valence-corrected chi connectivity index (χ3v) is 26.8. The van der Waals surface area contributed by atoms with Crippen LogP contribution < -0.4 is 10.5 Å². The highest BCUT2D eigenvalue weighted by atomic mass is 28.4. The molecule has 0 aromatic heterocycles. The number of fused-ring (bicyclic) bond motifs is 4. The van der Waals surface area contributed by atoms with Crippen LogP contribution in [0.4, 0.5) is 5.69 Å². The largest absolute Gasteiger partial charge is 0.413 e. The van der Waals surface area contributed by atoms with Crippen molar-refractivity contribution in [2.75, 3.05) is 19.4 Å². The Balaban J connectivity index is 1.45. The average molecular weight is 835 g/mol. The van der Waals surface area contributed by atoms with E-state index in [2.05, 4.69) is 195 Å². The highest BCUT2D eigenvalue weighted by Crippen LogP contribution is 2.45. The first-order valence-corrected chi connectivity index (χ1v) is 30.2. The minimum atomic E-state index is -2.06. The number of nitrogens with zero attached hydrogens (tertiary/aromatic N) is 1. The van der Waals surface area contributed by atoms with E-state index in [-0.39, 0.29) is 10.1 Å². The number of aryl methyl sites for hydroxylation is 1. The minimum Gasteiger partial charge on any atom is -0.413 e. The number of allylic oxidation sites excluding steroid dienone is 5. The van der Waals surface area contributed by atoms with Crippen molar-refractivity contribution in [3.63, 3.8) is 0 Å². The van der Waals surface area contributed by atoms with Gasteiger partial charge >= 0.3 is 0 Å². The Hall–Kier alpha value is -4.12. The highest BCUT2D eigenvalue weighted by Gasteiger charge is 2.41. The number of rotatable bonds is 9.